The van der Waals surface area contributed by atoms with Gasteiger partial charge >= 0.3 is 5.97 Å². The number of amides is 2. The van der Waals surface area contributed by atoms with Gasteiger partial charge in [-0.2, -0.15) is 0 Å². The van der Waals surface area contributed by atoms with E-state index in [1.165, 1.54) is 30.5 Å². The fraction of sp³-hybridized carbons (Fsp3) is 0.0417. The first-order chi connectivity index (χ1) is 15.3. The molecule has 8 heteroatoms. The van der Waals surface area contributed by atoms with Crippen LogP contribution in [0.25, 0.3) is 16.7 Å². The van der Waals surface area contributed by atoms with Crippen molar-refractivity contribution in [1.29, 1.82) is 0 Å². The quantitative estimate of drug-likeness (QED) is 0.239. The minimum absolute atomic E-state index is 0.128. The van der Waals surface area contributed by atoms with Crippen molar-refractivity contribution in [3.8, 4) is 22.6 Å². The molecule has 3 aromatic carbocycles. The fourth-order valence-electron chi connectivity index (χ4n) is 3.43. The summed E-state index contributed by atoms with van der Waals surface area (Å²) in [5, 5.41) is 33.5. The van der Waals surface area contributed by atoms with Gasteiger partial charge in [0.05, 0.1) is 11.1 Å². The van der Waals surface area contributed by atoms with Crippen molar-refractivity contribution < 1.29 is 29.7 Å². The third-order valence-electron chi connectivity index (χ3n) is 5.06. The molecule has 0 aromatic heterocycles. The largest absolute Gasteiger partial charge is 0.504 e. The number of carboxylic acids is 1. The minimum Gasteiger partial charge on any atom is -0.504 e. The zero-order valence-electron chi connectivity index (χ0n) is 16.6. The van der Waals surface area contributed by atoms with E-state index in [2.05, 4.69) is 10.6 Å². The van der Waals surface area contributed by atoms with Crippen molar-refractivity contribution >= 4 is 23.4 Å². The molecule has 0 aliphatic carbocycles. The first kappa shape index (κ1) is 20.7. The SMILES string of the molecule is O=C1NC(=O)c2ccc(-c3cccc(C(=O)O)c3)cc2/C1=C\NCc1ccc(O)c(O)c1. The van der Waals surface area contributed by atoms with Gasteiger partial charge < -0.3 is 20.6 Å². The van der Waals surface area contributed by atoms with Gasteiger partial charge in [0.25, 0.3) is 11.8 Å². The maximum Gasteiger partial charge on any atom is 0.335 e. The number of fused-ring (bicyclic) bond motifs is 1. The third-order valence-corrected chi connectivity index (χ3v) is 5.06. The Morgan fingerprint density at radius 1 is 0.875 bits per heavy atom. The summed E-state index contributed by atoms with van der Waals surface area (Å²) in [7, 11) is 0. The van der Waals surface area contributed by atoms with E-state index in [1.54, 1.807) is 36.4 Å². The lowest BCUT2D eigenvalue weighted by Gasteiger charge is -2.19. The number of benzene rings is 3. The summed E-state index contributed by atoms with van der Waals surface area (Å²) in [5.41, 5.74) is 3.06. The molecule has 0 radical (unpaired) electrons. The molecule has 32 heavy (non-hydrogen) atoms. The van der Waals surface area contributed by atoms with Crippen LogP contribution < -0.4 is 10.6 Å². The van der Waals surface area contributed by atoms with Crippen LogP contribution in [0, 0.1) is 0 Å². The summed E-state index contributed by atoms with van der Waals surface area (Å²) in [6.07, 6.45) is 1.47. The Morgan fingerprint density at radius 2 is 1.66 bits per heavy atom. The van der Waals surface area contributed by atoms with Gasteiger partial charge in [0, 0.05) is 23.9 Å². The molecule has 3 aromatic rings. The van der Waals surface area contributed by atoms with Crippen LogP contribution in [0.3, 0.4) is 0 Å². The van der Waals surface area contributed by atoms with E-state index in [9.17, 15) is 29.7 Å². The number of nitrogens with one attached hydrogen (secondary N) is 2. The summed E-state index contributed by atoms with van der Waals surface area (Å²) in [6, 6.07) is 15.7. The van der Waals surface area contributed by atoms with E-state index < -0.39 is 17.8 Å². The Labute approximate surface area is 182 Å². The summed E-state index contributed by atoms with van der Waals surface area (Å²) in [6.45, 7) is 0.258. The van der Waals surface area contributed by atoms with Crippen molar-refractivity contribution in [3.05, 3.63) is 89.1 Å². The lowest BCUT2D eigenvalue weighted by molar-refractivity contribution is -0.114. The number of carbonyl (C=O) groups is 3. The number of aromatic carboxylic acids is 1. The highest BCUT2D eigenvalue weighted by Crippen LogP contribution is 2.30. The first-order valence-electron chi connectivity index (χ1n) is 9.62. The summed E-state index contributed by atoms with van der Waals surface area (Å²) < 4.78 is 0. The highest BCUT2D eigenvalue weighted by atomic mass is 16.4. The van der Waals surface area contributed by atoms with Gasteiger partial charge in [-0.3, -0.25) is 14.9 Å². The molecule has 0 saturated heterocycles. The zero-order chi connectivity index (χ0) is 22.8. The molecule has 0 unspecified atom stereocenters. The molecule has 0 atom stereocenters. The molecule has 160 valence electrons. The summed E-state index contributed by atoms with van der Waals surface area (Å²) >= 11 is 0. The predicted octanol–water partition coefficient (Wildman–Crippen LogP) is 2.86. The number of phenolic OH excluding ortho intramolecular Hbond substituents is 2. The molecule has 4 rings (SSSR count). The van der Waals surface area contributed by atoms with Gasteiger partial charge in [-0.05, 0) is 53.1 Å². The Morgan fingerprint density at radius 3 is 2.41 bits per heavy atom. The molecule has 2 amide bonds. The van der Waals surface area contributed by atoms with Crippen molar-refractivity contribution in [1.82, 2.24) is 10.6 Å². The number of hydrogen-bond donors (Lipinski definition) is 5. The molecule has 0 bridgehead atoms. The van der Waals surface area contributed by atoms with Crippen LogP contribution in [0.1, 0.15) is 31.8 Å². The Balaban J connectivity index is 1.68. The molecule has 0 fully saturated rings. The van der Waals surface area contributed by atoms with Crippen LogP contribution in [-0.4, -0.2) is 33.1 Å². The summed E-state index contributed by atoms with van der Waals surface area (Å²) in [4.78, 5) is 36.1. The second-order valence-corrected chi connectivity index (χ2v) is 7.19. The van der Waals surface area contributed by atoms with E-state index in [0.29, 0.717) is 27.8 Å². The van der Waals surface area contributed by atoms with E-state index in [1.807, 2.05) is 0 Å². The standard InChI is InChI=1S/C24H18N2O6/c27-20-7-4-13(8-21(20)28)11-25-12-19-18-10-15(5-6-17(18)22(29)26-23(19)30)14-2-1-3-16(9-14)24(31)32/h1-10,12,25,27-28H,11H2,(H,31,32)(H,26,29,30)/b19-12+. The maximum absolute atomic E-state index is 12.5. The summed E-state index contributed by atoms with van der Waals surface area (Å²) in [5.74, 6) is -2.62. The number of carboxylic acid groups (broad SMARTS) is 1. The van der Waals surface area contributed by atoms with Gasteiger partial charge in [0.15, 0.2) is 11.5 Å². The van der Waals surface area contributed by atoms with Crippen LogP contribution >= 0.6 is 0 Å². The molecule has 5 N–H and O–H groups in total. The second kappa shape index (κ2) is 8.27. The van der Waals surface area contributed by atoms with Gasteiger partial charge in [0.1, 0.15) is 0 Å². The van der Waals surface area contributed by atoms with E-state index >= 15 is 0 Å². The Bertz CT molecular complexity index is 1300. The first-order valence-corrected chi connectivity index (χ1v) is 9.62. The lowest BCUT2D eigenvalue weighted by atomic mass is 9.91. The van der Waals surface area contributed by atoms with Crippen molar-refractivity contribution in [2.45, 2.75) is 6.54 Å². The molecule has 1 heterocycles. The molecule has 0 saturated carbocycles. The van der Waals surface area contributed by atoms with Crippen LogP contribution in [0.15, 0.2) is 66.9 Å². The maximum atomic E-state index is 12.5. The Kier molecular flexibility index (Phi) is 5.34. The van der Waals surface area contributed by atoms with Crippen molar-refractivity contribution in [2.24, 2.45) is 0 Å². The van der Waals surface area contributed by atoms with Gasteiger partial charge in [-0.1, -0.05) is 24.3 Å². The molecule has 8 nitrogen and oxygen atoms in total. The lowest BCUT2D eigenvalue weighted by Crippen LogP contribution is -2.37. The van der Waals surface area contributed by atoms with E-state index in [-0.39, 0.29) is 29.2 Å². The van der Waals surface area contributed by atoms with Crippen LogP contribution in [0.5, 0.6) is 11.5 Å². The van der Waals surface area contributed by atoms with Gasteiger partial charge in [0.2, 0.25) is 0 Å². The highest BCUT2D eigenvalue weighted by molar-refractivity contribution is 6.31. The van der Waals surface area contributed by atoms with Crippen molar-refractivity contribution in [3.63, 3.8) is 0 Å². The monoisotopic (exact) mass is 430 g/mol. The number of hydrogen-bond acceptors (Lipinski definition) is 6. The smallest absolute Gasteiger partial charge is 0.335 e. The highest BCUT2D eigenvalue weighted by Gasteiger charge is 2.27. The molecule has 1 aliphatic heterocycles. The normalized spacial score (nSPS) is 14.1. The zero-order valence-corrected chi connectivity index (χ0v) is 16.6. The van der Waals surface area contributed by atoms with E-state index in [4.69, 9.17) is 0 Å². The molecule has 0 spiro atoms. The average Bonchev–Trinajstić information content (AvgIpc) is 2.78. The van der Waals surface area contributed by atoms with Crippen LogP contribution in [-0.2, 0) is 11.3 Å². The minimum atomic E-state index is -1.05. The number of imide groups is 1. The Hall–Kier alpha value is -4.59. The topological polar surface area (TPSA) is 136 Å². The number of phenols is 2. The predicted molar refractivity (Wildman–Crippen MR) is 116 cm³/mol. The van der Waals surface area contributed by atoms with Gasteiger partial charge in [-0.15, -0.1) is 0 Å². The number of aromatic hydroxyl groups is 2. The van der Waals surface area contributed by atoms with Gasteiger partial charge in [-0.25, -0.2) is 4.79 Å². The fourth-order valence-corrected chi connectivity index (χ4v) is 3.43. The molecular formula is C24H18N2O6. The molecular weight excluding hydrogens is 412 g/mol. The van der Waals surface area contributed by atoms with E-state index in [0.717, 1.165) is 0 Å². The van der Waals surface area contributed by atoms with Crippen molar-refractivity contribution in [2.75, 3.05) is 0 Å². The molecule has 1 aliphatic rings. The van der Waals surface area contributed by atoms with Crippen LogP contribution in [0.2, 0.25) is 0 Å². The number of carbonyl (C=O) groups excluding carboxylic acids is 2. The second-order valence-electron chi connectivity index (χ2n) is 7.19. The average molecular weight is 430 g/mol. The number of rotatable bonds is 5. The van der Waals surface area contributed by atoms with Crippen LogP contribution in [0.4, 0.5) is 0 Å². The third kappa shape index (κ3) is 4.01.